The molecule has 0 spiro atoms. The molecule has 0 aliphatic carbocycles. The summed E-state index contributed by atoms with van der Waals surface area (Å²) in [6, 6.07) is 69.4. The largest absolute Gasteiger partial charge is 0.310 e. The van der Waals surface area contributed by atoms with Crippen molar-refractivity contribution < 1.29 is 0 Å². The van der Waals surface area contributed by atoms with Gasteiger partial charge in [-0.1, -0.05) is 127 Å². The minimum Gasteiger partial charge on any atom is -0.310 e. The molecule has 0 N–H and O–H groups in total. The molecule has 0 aliphatic heterocycles. The quantitative estimate of drug-likeness (QED) is 0.183. The first kappa shape index (κ1) is 27.4. The van der Waals surface area contributed by atoms with E-state index in [1.807, 2.05) is 0 Å². The van der Waals surface area contributed by atoms with Crippen LogP contribution in [0.3, 0.4) is 0 Å². The minimum atomic E-state index is 1.11. The van der Waals surface area contributed by atoms with Gasteiger partial charge in [0.25, 0.3) is 0 Å². The third-order valence-corrected chi connectivity index (χ3v) is 8.58. The molecule has 0 bridgehead atoms. The van der Waals surface area contributed by atoms with Crippen LogP contribution in [-0.4, -0.2) is 0 Å². The van der Waals surface area contributed by atoms with Crippen LogP contribution < -0.4 is 9.80 Å². The van der Waals surface area contributed by atoms with Gasteiger partial charge in [-0.05, 0) is 93.8 Å². The molecule has 0 aromatic heterocycles. The molecule has 0 saturated heterocycles. The van der Waals surface area contributed by atoms with Gasteiger partial charge in [0, 0.05) is 34.0 Å². The molecule has 0 atom stereocenters. The highest BCUT2D eigenvalue weighted by atomic mass is 15.1. The zero-order valence-electron chi connectivity index (χ0n) is 25.4. The molecule has 0 radical (unpaired) electrons. The summed E-state index contributed by atoms with van der Waals surface area (Å²) in [6.07, 6.45) is 0. The zero-order valence-corrected chi connectivity index (χ0v) is 25.4. The van der Waals surface area contributed by atoms with Gasteiger partial charge in [0.15, 0.2) is 0 Å². The zero-order chi connectivity index (χ0) is 30.7. The van der Waals surface area contributed by atoms with E-state index in [0.717, 1.165) is 34.1 Å². The molecule has 8 rings (SSSR count). The molecule has 0 amide bonds. The van der Waals surface area contributed by atoms with Gasteiger partial charge in [0.1, 0.15) is 0 Å². The van der Waals surface area contributed by atoms with E-state index < -0.39 is 0 Å². The summed E-state index contributed by atoms with van der Waals surface area (Å²) >= 11 is 0. The number of para-hydroxylation sites is 4. The van der Waals surface area contributed by atoms with Gasteiger partial charge in [-0.15, -0.1) is 0 Å². The number of fused-ring (bicyclic) bond motifs is 2. The van der Waals surface area contributed by atoms with Crippen LogP contribution in [0.5, 0.6) is 0 Å². The Hall–Kier alpha value is -6.12. The number of hydrogen-bond donors (Lipinski definition) is 0. The fourth-order valence-corrected chi connectivity index (χ4v) is 6.54. The Labute approximate surface area is 270 Å². The highest BCUT2D eigenvalue weighted by molar-refractivity contribution is 6.12. The topological polar surface area (TPSA) is 6.48 Å². The summed E-state index contributed by atoms with van der Waals surface area (Å²) in [7, 11) is 0. The van der Waals surface area contributed by atoms with Gasteiger partial charge in [-0.25, -0.2) is 0 Å². The molecule has 2 nitrogen and oxygen atoms in total. The fraction of sp³-hybridized carbons (Fsp3) is 0. The predicted octanol–water partition coefficient (Wildman–Crippen LogP) is 12.6. The van der Waals surface area contributed by atoms with Crippen LogP contribution in [0.15, 0.2) is 194 Å². The standard InChI is InChI=1S/C44H32N2/c1-5-19-35(20-6-1)45(36-21-7-2-8-22-36)39-31-34-18-14-15-27-40(34)42(32-39)44-41-28-16-13-17-33(41)29-30-43(44)46(37-23-9-3-10-24-37)38-25-11-4-12-26-38/h1-32H. The number of hydrogen-bond acceptors (Lipinski definition) is 2. The van der Waals surface area contributed by atoms with E-state index in [1.165, 1.54) is 32.7 Å². The highest BCUT2D eigenvalue weighted by Gasteiger charge is 2.22. The van der Waals surface area contributed by atoms with E-state index in [0.29, 0.717) is 0 Å². The second-order valence-corrected chi connectivity index (χ2v) is 11.4. The number of benzene rings is 8. The molecule has 0 heterocycles. The predicted molar refractivity (Wildman–Crippen MR) is 196 cm³/mol. The molecule has 8 aromatic rings. The SMILES string of the molecule is c1ccc(N(c2ccccc2)c2cc(-c3c(N(c4ccccc4)c4ccccc4)ccc4ccccc34)c3ccccc3c2)cc1. The Morgan fingerprint density at radius 1 is 0.283 bits per heavy atom. The molecule has 8 aromatic carbocycles. The Morgan fingerprint density at radius 2 is 0.717 bits per heavy atom. The maximum absolute atomic E-state index is 2.38. The van der Waals surface area contributed by atoms with Gasteiger partial charge in [0.2, 0.25) is 0 Å². The van der Waals surface area contributed by atoms with Crippen molar-refractivity contribution in [3.63, 3.8) is 0 Å². The van der Waals surface area contributed by atoms with E-state index in [4.69, 9.17) is 0 Å². The van der Waals surface area contributed by atoms with Crippen molar-refractivity contribution in [3.05, 3.63) is 194 Å². The molecule has 0 aliphatic rings. The Kier molecular flexibility index (Phi) is 7.22. The summed E-state index contributed by atoms with van der Waals surface area (Å²) in [6.45, 7) is 0. The normalized spacial score (nSPS) is 11.0. The fourth-order valence-electron chi connectivity index (χ4n) is 6.54. The molecule has 0 unspecified atom stereocenters. The maximum Gasteiger partial charge on any atom is 0.0546 e. The molecular formula is C44H32N2. The number of rotatable bonds is 7. The summed E-state index contributed by atoms with van der Waals surface area (Å²) in [5.74, 6) is 0. The Bertz CT molecular complexity index is 2170. The minimum absolute atomic E-state index is 1.11. The van der Waals surface area contributed by atoms with Crippen LogP contribution in [0, 0.1) is 0 Å². The van der Waals surface area contributed by atoms with Crippen molar-refractivity contribution in [2.24, 2.45) is 0 Å². The van der Waals surface area contributed by atoms with Crippen molar-refractivity contribution in [3.8, 4) is 11.1 Å². The third-order valence-electron chi connectivity index (χ3n) is 8.58. The van der Waals surface area contributed by atoms with Gasteiger partial charge in [0.05, 0.1) is 5.69 Å². The molecule has 0 saturated carbocycles. The summed E-state index contributed by atoms with van der Waals surface area (Å²) in [4.78, 5) is 4.74. The lowest BCUT2D eigenvalue weighted by Crippen LogP contribution is -2.12. The van der Waals surface area contributed by atoms with Crippen LogP contribution in [0.4, 0.5) is 34.1 Å². The second kappa shape index (κ2) is 12.1. The van der Waals surface area contributed by atoms with Crippen molar-refractivity contribution in [1.29, 1.82) is 0 Å². The monoisotopic (exact) mass is 588 g/mol. The lowest BCUT2D eigenvalue weighted by molar-refractivity contribution is 1.28. The first-order valence-electron chi connectivity index (χ1n) is 15.7. The molecular weight excluding hydrogens is 556 g/mol. The third kappa shape index (κ3) is 5.06. The van der Waals surface area contributed by atoms with E-state index in [1.54, 1.807) is 0 Å². The lowest BCUT2D eigenvalue weighted by Gasteiger charge is -2.30. The Balaban J connectivity index is 1.47. The average molecular weight is 589 g/mol. The van der Waals surface area contributed by atoms with Crippen LogP contribution in [-0.2, 0) is 0 Å². The van der Waals surface area contributed by atoms with Gasteiger partial charge < -0.3 is 9.80 Å². The molecule has 218 valence electrons. The van der Waals surface area contributed by atoms with Crippen LogP contribution in [0.25, 0.3) is 32.7 Å². The maximum atomic E-state index is 2.38. The molecule has 46 heavy (non-hydrogen) atoms. The van der Waals surface area contributed by atoms with Gasteiger partial charge in [-0.2, -0.15) is 0 Å². The van der Waals surface area contributed by atoms with Crippen molar-refractivity contribution in [1.82, 2.24) is 0 Å². The smallest absolute Gasteiger partial charge is 0.0546 e. The van der Waals surface area contributed by atoms with Crippen molar-refractivity contribution in [2.45, 2.75) is 0 Å². The number of nitrogens with zero attached hydrogens (tertiary/aromatic N) is 2. The summed E-state index contributed by atoms with van der Waals surface area (Å²) in [5.41, 5.74) is 9.08. The summed E-state index contributed by atoms with van der Waals surface area (Å²) in [5, 5.41) is 4.83. The van der Waals surface area contributed by atoms with Gasteiger partial charge >= 0.3 is 0 Å². The van der Waals surface area contributed by atoms with E-state index >= 15 is 0 Å². The summed E-state index contributed by atoms with van der Waals surface area (Å²) < 4.78 is 0. The average Bonchev–Trinajstić information content (AvgIpc) is 3.13. The van der Waals surface area contributed by atoms with Crippen LogP contribution >= 0.6 is 0 Å². The second-order valence-electron chi connectivity index (χ2n) is 11.4. The van der Waals surface area contributed by atoms with Crippen LogP contribution in [0.2, 0.25) is 0 Å². The van der Waals surface area contributed by atoms with Gasteiger partial charge in [-0.3, -0.25) is 0 Å². The highest BCUT2D eigenvalue weighted by Crippen LogP contribution is 2.48. The van der Waals surface area contributed by atoms with E-state index in [-0.39, 0.29) is 0 Å². The first-order chi connectivity index (χ1) is 22.8. The van der Waals surface area contributed by atoms with Crippen molar-refractivity contribution >= 4 is 55.7 Å². The number of anilines is 6. The van der Waals surface area contributed by atoms with E-state index in [9.17, 15) is 0 Å². The van der Waals surface area contributed by atoms with Crippen molar-refractivity contribution in [2.75, 3.05) is 9.80 Å². The lowest BCUT2D eigenvalue weighted by atomic mass is 9.90. The van der Waals surface area contributed by atoms with Crippen LogP contribution in [0.1, 0.15) is 0 Å². The first-order valence-corrected chi connectivity index (χ1v) is 15.7. The molecule has 0 fully saturated rings. The van der Waals surface area contributed by atoms with E-state index in [2.05, 4.69) is 204 Å². The Morgan fingerprint density at radius 3 is 1.26 bits per heavy atom. The molecule has 2 heteroatoms.